The third-order valence-electron chi connectivity index (χ3n) is 3.76. The molecule has 0 saturated heterocycles. The van der Waals surface area contributed by atoms with Crippen LogP contribution in [0.15, 0.2) is 6.20 Å². The summed E-state index contributed by atoms with van der Waals surface area (Å²) >= 11 is 0. The van der Waals surface area contributed by atoms with E-state index < -0.39 is 0 Å². The Labute approximate surface area is 125 Å². The van der Waals surface area contributed by atoms with Gasteiger partial charge in [0.2, 0.25) is 5.91 Å². The second kappa shape index (κ2) is 5.87. The van der Waals surface area contributed by atoms with Gasteiger partial charge in [-0.05, 0) is 12.8 Å². The SMILES string of the molecule is CC(C)CC(=O)N1CCn2cc(C(=O)N(C)C)nc2[C@@H]1C. The molecule has 0 saturated carbocycles. The minimum absolute atomic E-state index is 0.0892. The molecule has 0 radical (unpaired) electrons. The van der Waals surface area contributed by atoms with Gasteiger partial charge in [0.1, 0.15) is 11.5 Å². The molecule has 1 atom stereocenters. The van der Waals surface area contributed by atoms with Crippen LogP contribution in [0.25, 0.3) is 0 Å². The maximum Gasteiger partial charge on any atom is 0.273 e. The molecular weight excluding hydrogens is 268 g/mol. The molecule has 1 aromatic rings. The summed E-state index contributed by atoms with van der Waals surface area (Å²) in [5.41, 5.74) is 0.444. The number of hydrogen-bond acceptors (Lipinski definition) is 3. The molecule has 0 aromatic carbocycles. The number of aromatic nitrogens is 2. The number of amides is 2. The molecule has 0 bridgehead atoms. The van der Waals surface area contributed by atoms with Crippen LogP contribution in [0.3, 0.4) is 0 Å². The quantitative estimate of drug-likeness (QED) is 0.849. The van der Waals surface area contributed by atoms with Crippen LogP contribution in [0.2, 0.25) is 0 Å². The Kier molecular flexibility index (Phi) is 4.34. The van der Waals surface area contributed by atoms with Crippen LogP contribution >= 0.6 is 0 Å². The largest absolute Gasteiger partial charge is 0.343 e. The molecule has 116 valence electrons. The van der Waals surface area contributed by atoms with Crippen LogP contribution in [0, 0.1) is 5.92 Å². The van der Waals surface area contributed by atoms with E-state index >= 15 is 0 Å². The summed E-state index contributed by atoms with van der Waals surface area (Å²) in [4.78, 5) is 32.1. The van der Waals surface area contributed by atoms with Gasteiger partial charge in [-0.25, -0.2) is 4.98 Å². The normalized spacial score (nSPS) is 17.8. The topological polar surface area (TPSA) is 58.4 Å². The fraction of sp³-hybridized carbons (Fsp3) is 0.667. The highest BCUT2D eigenvalue weighted by molar-refractivity contribution is 5.91. The van der Waals surface area contributed by atoms with Gasteiger partial charge in [-0.1, -0.05) is 13.8 Å². The Morgan fingerprint density at radius 1 is 1.38 bits per heavy atom. The van der Waals surface area contributed by atoms with Crippen molar-refractivity contribution < 1.29 is 9.59 Å². The lowest BCUT2D eigenvalue weighted by Crippen LogP contribution is -2.41. The number of hydrogen-bond donors (Lipinski definition) is 0. The van der Waals surface area contributed by atoms with Crippen LogP contribution in [0.1, 0.15) is 49.5 Å². The molecule has 1 aliphatic heterocycles. The fourth-order valence-electron chi connectivity index (χ4n) is 2.63. The molecule has 1 aliphatic rings. The molecular formula is C15H24N4O2. The number of rotatable bonds is 3. The summed E-state index contributed by atoms with van der Waals surface area (Å²) in [6, 6.07) is -0.0892. The van der Waals surface area contributed by atoms with Crippen LogP contribution in [0.4, 0.5) is 0 Å². The van der Waals surface area contributed by atoms with Crippen molar-refractivity contribution in [1.82, 2.24) is 19.4 Å². The van der Waals surface area contributed by atoms with Crippen LogP contribution in [-0.4, -0.2) is 51.8 Å². The number of carbonyl (C=O) groups is 2. The maximum atomic E-state index is 12.3. The van der Waals surface area contributed by atoms with Crippen molar-refractivity contribution in [1.29, 1.82) is 0 Å². The monoisotopic (exact) mass is 292 g/mol. The first-order valence-corrected chi connectivity index (χ1v) is 7.39. The zero-order chi connectivity index (χ0) is 15.7. The highest BCUT2D eigenvalue weighted by Gasteiger charge is 2.30. The van der Waals surface area contributed by atoms with Crippen LogP contribution in [0.5, 0.6) is 0 Å². The van der Waals surface area contributed by atoms with Gasteiger partial charge in [-0.2, -0.15) is 0 Å². The van der Waals surface area contributed by atoms with Gasteiger partial charge in [-0.15, -0.1) is 0 Å². The van der Waals surface area contributed by atoms with E-state index in [0.717, 1.165) is 5.82 Å². The molecule has 0 unspecified atom stereocenters. The lowest BCUT2D eigenvalue weighted by Gasteiger charge is -2.34. The van der Waals surface area contributed by atoms with Crippen molar-refractivity contribution in [3.63, 3.8) is 0 Å². The van der Waals surface area contributed by atoms with Gasteiger partial charge in [0.15, 0.2) is 0 Å². The second-order valence-electron chi connectivity index (χ2n) is 6.24. The lowest BCUT2D eigenvalue weighted by molar-refractivity contribution is -0.135. The first kappa shape index (κ1) is 15.5. The Morgan fingerprint density at radius 3 is 2.62 bits per heavy atom. The average molecular weight is 292 g/mol. The number of nitrogens with zero attached hydrogens (tertiary/aromatic N) is 4. The molecule has 0 aliphatic carbocycles. The summed E-state index contributed by atoms with van der Waals surface area (Å²) in [5, 5.41) is 0. The highest BCUT2D eigenvalue weighted by Crippen LogP contribution is 2.26. The third-order valence-corrected chi connectivity index (χ3v) is 3.76. The molecule has 0 N–H and O–H groups in total. The summed E-state index contributed by atoms with van der Waals surface area (Å²) in [7, 11) is 3.42. The van der Waals surface area contributed by atoms with Crippen molar-refractivity contribution in [2.24, 2.45) is 5.92 Å². The van der Waals surface area contributed by atoms with Crippen molar-refractivity contribution in [2.75, 3.05) is 20.6 Å². The smallest absolute Gasteiger partial charge is 0.273 e. The molecule has 0 fully saturated rings. The Bertz CT molecular complexity index is 548. The minimum Gasteiger partial charge on any atom is -0.343 e. The van der Waals surface area contributed by atoms with Crippen molar-refractivity contribution in [3.05, 3.63) is 17.7 Å². The summed E-state index contributed by atoms with van der Waals surface area (Å²) in [6.45, 7) is 7.42. The summed E-state index contributed by atoms with van der Waals surface area (Å²) in [6.07, 6.45) is 2.34. The van der Waals surface area contributed by atoms with E-state index in [-0.39, 0.29) is 17.9 Å². The van der Waals surface area contributed by atoms with E-state index in [0.29, 0.717) is 31.1 Å². The zero-order valence-electron chi connectivity index (χ0n) is 13.5. The van der Waals surface area contributed by atoms with Gasteiger partial charge in [0, 0.05) is 39.8 Å². The molecule has 6 nitrogen and oxygen atoms in total. The Hall–Kier alpha value is -1.85. The van der Waals surface area contributed by atoms with Crippen molar-refractivity contribution in [3.8, 4) is 0 Å². The van der Waals surface area contributed by atoms with E-state index in [9.17, 15) is 9.59 Å². The van der Waals surface area contributed by atoms with E-state index in [1.165, 1.54) is 4.90 Å². The number of imidazole rings is 1. The van der Waals surface area contributed by atoms with E-state index in [1.807, 2.05) is 30.2 Å². The fourth-order valence-corrected chi connectivity index (χ4v) is 2.63. The highest BCUT2D eigenvalue weighted by atomic mass is 16.2. The zero-order valence-corrected chi connectivity index (χ0v) is 13.5. The number of carbonyl (C=O) groups excluding carboxylic acids is 2. The van der Waals surface area contributed by atoms with Crippen LogP contribution in [-0.2, 0) is 11.3 Å². The standard InChI is InChI=1S/C15H24N4O2/c1-10(2)8-13(20)19-7-6-18-9-12(15(21)17(4)5)16-14(18)11(19)3/h9-11H,6-8H2,1-5H3/t11-/m0/s1. The minimum atomic E-state index is -0.107. The molecule has 6 heteroatoms. The van der Waals surface area contributed by atoms with Crippen LogP contribution < -0.4 is 0 Å². The first-order chi connectivity index (χ1) is 9.81. The van der Waals surface area contributed by atoms with E-state index in [1.54, 1.807) is 20.3 Å². The molecule has 2 rings (SSSR count). The van der Waals surface area contributed by atoms with Gasteiger partial charge in [-0.3, -0.25) is 9.59 Å². The first-order valence-electron chi connectivity index (χ1n) is 7.39. The van der Waals surface area contributed by atoms with Crippen molar-refractivity contribution in [2.45, 2.75) is 39.8 Å². The Balaban J connectivity index is 2.21. The third kappa shape index (κ3) is 3.09. The van der Waals surface area contributed by atoms with Gasteiger partial charge in [0.25, 0.3) is 5.91 Å². The summed E-state index contributed by atoms with van der Waals surface area (Å²) in [5.74, 6) is 1.19. The average Bonchev–Trinajstić information content (AvgIpc) is 2.81. The van der Waals surface area contributed by atoms with Crippen molar-refractivity contribution >= 4 is 11.8 Å². The van der Waals surface area contributed by atoms with Gasteiger partial charge in [0.05, 0.1) is 6.04 Å². The predicted octanol–water partition coefficient (Wildman–Crippen LogP) is 1.53. The number of fused-ring (bicyclic) bond motifs is 1. The molecule has 1 aromatic heterocycles. The molecule has 21 heavy (non-hydrogen) atoms. The van der Waals surface area contributed by atoms with E-state index in [2.05, 4.69) is 4.98 Å². The molecule has 0 spiro atoms. The van der Waals surface area contributed by atoms with Gasteiger partial charge < -0.3 is 14.4 Å². The molecule has 2 heterocycles. The lowest BCUT2D eigenvalue weighted by atomic mass is 10.1. The maximum absolute atomic E-state index is 12.3. The Morgan fingerprint density at radius 2 is 2.05 bits per heavy atom. The second-order valence-corrected chi connectivity index (χ2v) is 6.24. The van der Waals surface area contributed by atoms with Gasteiger partial charge >= 0.3 is 0 Å². The van der Waals surface area contributed by atoms with E-state index in [4.69, 9.17) is 0 Å². The molecule has 2 amide bonds. The summed E-state index contributed by atoms with van der Waals surface area (Å²) < 4.78 is 1.99. The predicted molar refractivity (Wildman–Crippen MR) is 79.8 cm³/mol.